The van der Waals surface area contributed by atoms with Gasteiger partial charge in [0.2, 0.25) is 0 Å². The maximum atomic E-state index is 11.5. The van der Waals surface area contributed by atoms with Crippen LogP contribution in [0, 0.1) is 5.92 Å². The van der Waals surface area contributed by atoms with Crippen molar-refractivity contribution in [3.63, 3.8) is 0 Å². The molecule has 1 rings (SSSR count). The van der Waals surface area contributed by atoms with E-state index < -0.39 is 0 Å². The molecule has 0 radical (unpaired) electrons. The summed E-state index contributed by atoms with van der Waals surface area (Å²) in [7, 11) is 0. The number of nitrogens with one attached hydrogen (secondary N) is 2. The average molecular weight is 267 g/mol. The molecular weight excluding hydrogens is 238 g/mol. The van der Waals surface area contributed by atoms with Crippen LogP contribution in [0.15, 0.2) is 11.6 Å². The fourth-order valence-corrected chi connectivity index (χ4v) is 2.54. The molecule has 1 aliphatic heterocycles. The van der Waals surface area contributed by atoms with Crippen LogP contribution >= 0.6 is 0 Å². The Morgan fingerprint density at radius 3 is 2.84 bits per heavy atom. The van der Waals surface area contributed by atoms with Gasteiger partial charge in [-0.1, -0.05) is 18.6 Å². The Kier molecular flexibility index (Phi) is 6.92. The molecule has 2 amide bonds. The Labute approximate surface area is 117 Å². The predicted molar refractivity (Wildman–Crippen MR) is 80.3 cm³/mol. The molecule has 1 aliphatic rings. The zero-order chi connectivity index (χ0) is 14.3. The summed E-state index contributed by atoms with van der Waals surface area (Å²) in [6, 6.07) is 0.150. The van der Waals surface area contributed by atoms with Gasteiger partial charge in [0.1, 0.15) is 0 Å². The standard InChI is InChI=1S/C15H29N3O/c1-5-6-13(4)10-18-8-7-14(11-18)9-16-15(19)17-12(2)3/h6,12,14H,5,7-11H2,1-4H3,(H2,16,17,19)/b13-6+. The van der Waals surface area contributed by atoms with Crippen LogP contribution in [0.2, 0.25) is 0 Å². The van der Waals surface area contributed by atoms with Gasteiger partial charge in [-0.15, -0.1) is 0 Å². The SMILES string of the molecule is CC/C=C(\C)CN1CCC(CNC(=O)NC(C)C)C1. The molecule has 0 saturated carbocycles. The number of hydrogen-bond donors (Lipinski definition) is 2. The Balaban J connectivity index is 2.21. The lowest BCUT2D eigenvalue weighted by molar-refractivity contribution is 0.236. The van der Waals surface area contributed by atoms with E-state index in [1.165, 1.54) is 12.0 Å². The van der Waals surface area contributed by atoms with E-state index in [2.05, 4.69) is 35.5 Å². The number of carbonyl (C=O) groups is 1. The van der Waals surface area contributed by atoms with Gasteiger partial charge in [0, 0.05) is 25.7 Å². The third-order valence-electron chi connectivity index (χ3n) is 3.37. The summed E-state index contributed by atoms with van der Waals surface area (Å²) in [6.45, 7) is 12.4. The zero-order valence-electron chi connectivity index (χ0n) is 12.8. The second-order valence-corrected chi connectivity index (χ2v) is 5.86. The van der Waals surface area contributed by atoms with Gasteiger partial charge in [-0.25, -0.2) is 4.79 Å². The van der Waals surface area contributed by atoms with Crippen molar-refractivity contribution in [2.24, 2.45) is 5.92 Å². The normalized spacial score (nSPS) is 20.9. The van der Waals surface area contributed by atoms with Gasteiger partial charge in [0.15, 0.2) is 0 Å². The van der Waals surface area contributed by atoms with E-state index in [-0.39, 0.29) is 12.1 Å². The van der Waals surface area contributed by atoms with Gasteiger partial charge in [0.25, 0.3) is 0 Å². The summed E-state index contributed by atoms with van der Waals surface area (Å²) in [6.07, 6.45) is 4.59. The topological polar surface area (TPSA) is 44.4 Å². The number of nitrogens with zero attached hydrogens (tertiary/aromatic N) is 1. The number of carbonyl (C=O) groups excluding carboxylic acids is 1. The van der Waals surface area contributed by atoms with Crippen molar-refractivity contribution in [1.82, 2.24) is 15.5 Å². The number of urea groups is 1. The van der Waals surface area contributed by atoms with Gasteiger partial charge >= 0.3 is 6.03 Å². The molecule has 1 atom stereocenters. The summed E-state index contributed by atoms with van der Waals surface area (Å²) in [5.74, 6) is 0.590. The molecule has 2 N–H and O–H groups in total. The molecule has 0 bridgehead atoms. The molecule has 0 aromatic carbocycles. The minimum Gasteiger partial charge on any atom is -0.338 e. The molecule has 0 spiro atoms. The molecule has 0 aromatic rings. The van der Waals surface area contributed by atoms with E-state index in [4.69, 9.17) is 0 Å². The second kappa shape index (κ2) is 8.20. The molecule has 4 nitrogen and oxygen atoms in total. The van der Waals surface area contributed by atoms with Gasteiger partial charge in [-0.2, -0.15) is 0 Å². The maximum Gasteiger partial charge on any atom is 0.314 e. The number of allylic oxidation sites excluding steroid dienone is 1. The first kappa shape index (κ1) is 16.0. The summed E-state index contributed by atoms with van der Waals surface area (Å²) >= 11 is 0. The molecule has 4 heteroatoms. The Morgan fingerprint density at radius 1 is 1.47 bits per heavy atom. The van der Waals surface area contributed by atoms with Crippen LogP contribution in [0.5, 0.6) is 0 Å². The summed E-state index contributed by atoms with van der Waals surface area (Å²) < 4.78 is 0. The number of hydrogen-bond acceptors (Lipinski definition) is 2. The lowest BCUT2D eigenvalue weighted by Crippen LogP contribution is -2.41. The van der Waals surface area contributed by atoms with Crippen molar-refractivity contribution in [1.29, 1.82) is 0 Å². The molecule has 110 valence electrons. The van der Waals surface area contributed by atoms with Crippen molar-refractivity contribution >= 4 is 6.03 Å². The molecule has 1 fully saturated rings. The molecule has 0 aliphatic carbocycles. The number of likely N-dealkylation sites (tertiary alicyclic amines) is 1. The molecule has 1 heterocycles. The summed E-state index contributed by atoms with van der Waals surface area (Å²) in [4.78, 5) is 14.0. The van der Waals surface area contributed by atoms with Gasteiger partial charge < -0.3 is 10.6 Å². The number of rotatable bonds is 6. The maximum absolute atomic E-state index is 11.5. The first-order valence-electron chi connectivity index (χ1n) is 7.43. The zero-order valence-corrected chi connectivity index (χ0v) is 12.8. The van der Waals surface area contributed by atoms with E-state index >= 15 is 0 Å². The Bertz CT molecular complexity index is 313. The van der Waals surface area contributed by atoms with Crippen molar-refractivity contribution in [3.05, 3.63) is 11.6 Å². The largest absolute Gasteiger partial charge is 0.338 e. The van der Waals surface area contributed by atoms with E-state index in [1.807, 2.05) is 13.8 Å². The average Bonchev–Trinajstić information content (AvgIpc) is 2.73. The third-order valence-corrected chi connectivity index (χ3v) is 3.37. The highest BCUT2D eigenvalue weighted by Crippen LogP contribution is 2.16. The Morgan fingerprint density at radius 2 is 2.21 bits per heavy atom. The van der Waals surface area contributed by atoms with Crippen molar-refractivity contribution < 1.29 is 4.79 Å². The molecule has 0 aromatic heterocycles. The fourth-order valence-electron chi connectivity index (χ4n) is 2.54. The first-order valence-corrected chi connectivity index (χ1v) is 7.43. The molecule has 1 unspecified atom stereocenters. The lowest BCUT2D eigenvalue weighted by Gasteiger charge is -2.17. The highest BCUT2D eigenvalue weighted by atomic mass is 16.2. The highest BCUT2D eigenvalue weighted by Gasteiger charge is 2.22. The molecule has 19 heavy (non-hydrogen) atoms. The monoisotopic (exact) mass is 267 g/mol. The first-order chi connectivity index (χ1) is 9.01. The molecule has 1 saturated heterocycles. The van der Waals surface area contributed by atoms with E-state index in [0.29, 0.717) is 5.92 Å². The van der Waals surface area contributed by atoms with Crippen LogP contribution in [0.3, 0.4) is 0 Å². The lowest BCUT2D eigenvalue weighted by atomic mass is 10.1. The van der Waals surface area contributed by atoms with Crippen molar-refractivity contribution in [2.45, 2.75) is 46.6 Å². The molecular formula is C15H29N3O. The fraction of sp³-hybridized carbons (Fsp3) is 0.800. The van der Waals surface area contributed by atoms with Crippen LogP contribution in [0.4, 0.5) is 4.79 Å². The third kappa shape index (κ3) is 6.62. The van der Waals surface area contributed by atoms with Crippen LogP contribution < -0.4 is 10.6 Å². The van der Waals surface area contributed by atoms with Gasteiger partial charge in [-0.3, -0.25) is 4.90 Å². The van der Waals surface area contributed by atoms with Crippen LogP contribution in [0.1, 0.15) is 40.5 Å². The van der Waals surface area contributed by atoms with E-state index in [9.17, 15) is 4.79 Å². The summed E-state index contributed by atoms with van der Waals surface area (Å²) in [5.41, 5.74) is 1.45. The second-order valence-electron chi connectivity index (χ2n) is 5.86. The van der Waals surface area contributed by atoms with Crippen molar-refractivity contribution in [2.75, 3.05) is 26.2 Å². The smallest absolute Gasteiger partial charge is 0.314 e. The summed E-state index contributed by atoms with van der Waals surface area (Å²) in [5, 5.41) is 5.82. The highest BCUT2D eigenvalue weighted by molar-refractivity contribution is 5.74. The van der Waals surface area contributed by atoms with Gasteiger partial charge in [0.05, 0.1) is 0 Å². The van der Waals surface area contributed by atoms with Gasteiger partial charge in [-0.05, 0) is 46.1 Å². The van der Waals surface area contributed by atoms with Crippen LogP contribution in [-0.4, -0.2) is 43.2 Å². The minimum absolute atomic E-state index is 0.0458. The number of amides is 2. The van der Waals surface area contributed by atoms with Crippen molar-refractivity contribution in [3.8, 4) is 0 Å². The minimum atomic E-state index is -0.0458. The van der Waals surface area contributed by atoms with E-state index in [1.54, 1.807) is 0 Å². The van der Waals surface area contributed by atoms with E-state index in [0.717, 1.165) is 32.6 Å². The predicted octanol–water partition coefficient (Wildman–Crippen LogP) is 2.37. The van der Waals surface area contributed by atoms with Crippen LogP contribution in [-0.2, 0) is 0 Å². The Hall–Kier alpha value is -1.03. The quantitative estimate of drug-likeness (QED) is 0.726. The van der Waals surface area contributed by atoms with Crippen LogP contribution in [0.25, 0.3) is 0 Å².